The molecule has 2 aromatic carbocycles. The molecule has 1 amide bonds. The summed E-state index contributed by atoms with van der Waals surface area (Å²) in [4.78, 5) is 14.8. The zero-order valence-electron chi connectivity index (χ0n) is 14.4. The summed E-state index contributed by atoms with van der Waals surface area (Å²) < 4.78 is 5.92. The number of carbonyl (C=O) groups is 1. The van der Waals surface area contributed by atoms with Gasteiger partial charge >= 0.3 is 0 Å². The number of ether oxygens (including phenoxy) is 1. The molecule has 1 fully saturated rings. The second-order valence-corrected chi connectivity index (χ2v) is 6.81. The molecular formula is C20H23ClN2O2. The van der Waals surface area contributed by atoms with Crippen molar-refractivity contribution in [2.24, 2.45) is 5.92 Å². The van der Waals surface area contributed by atoms with Gasteiger partial charge in [-0.05, 0) is 55.8 Å². The molecule has 1 N–H and O–H groups in total. The van der Waals surface area contributed by atoms with Crippen LogP contribution in [0.4, 0.5) is 0 Å². The molecule has 1 unspecified atom stereocenters. The van der Waals surface area contributed by atoms with E-state index in [4.69, 9.17) is 16.3 Å². The van der Waals surface area contributed by atoms with Gasteiger partial charge in [0.2, 0.25) is 0 Å². The van der Waals surface area contributed by atoms with E-state index in [1.165, 1.54) is 0 Å². The van der Waals surface area contributed by atoms with Gasteiger partial charge in [-0.15, -0.1) is 0 Å². The molecule has 132 valence electrons. The van der Waals surface area contributed by atoms with Crippen LogP contribution in [-0.4, -0.2) is 37.5 Å². The van der Waals surface area contributed by atoms with Crippen LogP contribution >= 0.6 is 11.6 Å². The number of nitrogens with zero attached hydrogens (tertiary/aromatic N) is 1. The van der Waals surface area contributed by atoms with E-state index in [1.807, 2.05) is 60.5 Å². The highest BCUT2D eigenvalue weighted by Crippen LogP contribution is 2.25. The Morgan fingerprint density at radius 2 is 2.00 bits per heavy atom. The number of rotatable bonds is 6. The summed E-state index contributed by atoms with van der Waals surface area (Å²) in [6.45, 7) is 2.95. The minimum absolute atomic E-state index is 0.0466. The van der Waals surface area contributed by atoms with E-state index in [1.54, 1.807) is 0 Å². The van der Waals surface area contributed by atoms with Crippen LogP contribution in [0, 0.1) is 5.92 Å². The number of amides is 1. The zero-order chi connectivity index (χ0) is 17.6. The van der Waals surface area contributed by atoms with Gasteiger partial charge in [0.25, 0.3) is 5.91 Å². The van der Waals surface area contributed by atoms with E-state index in [0.29, 0.717) is 28.9 Å². The first-order valence-corrected chi connectivity index (χ1v) is 8.95. The van der Waals surface area contributed by atoms with E-state index in [2.05, 4.69) is 5.32 Å². The molecule has 1 heterocycles. The third-order valence-corrected chi connectivity index (χ3v) is 4.74. The summed E-state index contributed by atoms with van der Waals surface area (Å²) in [5.41, 5.74) is 1.64. The minimum atomic E-state index is 0.0466. The van der Waals surface area contributed by atoms with Crippen LogP contribution < -0.4 is 10.1 Å². The lowest BCUT2D eigenvalue weighted by Crippen LogP contribution is -2.30. The summed E-state index contributed by atoms with van der Waals surface area (Å²) in [6, 6.07) is 15.0. The number of carbonyl (C=O) groups excluding carboxylic acids is 1. The molecule has 0 spiro atoms. The first-order valence-electron chi connectivity index (χ1n) is 8.57. The Hall–Kier alpha value is -2.04. The first-order chi connectivity index (χ1) is 12.2. The molecule has 1 atom stereocenters. The Balaban J connectivity index is 1.68. The van der Waals surface area contributed by atoms with Gasteiger partial charge in [-0.3, -0.25) is 4.79 Å². The van der Waals surface area contributed by atoms with Crippen molar-refractivity contribution in [2.75, 3.05) is 26.7 Å². The number of likely N-dealkylation sites (tertiary alicyclic amines) is 1. The van der Waals surface area contributed by atoms with Crippen molar-refractivity contribution in [1.29, 1.82) is 0 Å². The van der Waals surface area contributed by atoms with Crippen LogP contribution in [0.5, 0.6) is 5.75 Å². The summed E-state index contributed by atoms with van der Waals surface area (Å²) in [7, 11) is 1.95. The molecule has 0 radical (unpaired) electrons. The van der Waals surface area contributed by atoms with Crippen LogP contribution in [-0.2, 0) is 6.61 Å². The van der Waals surface area contributed by atoms with Crippen LogP contribution in [0.1, 0.15) is 22.3 Å². The fraction of sp³-hybridized carbons (Fsp3) is 0.350. The first kappa shape index (κ1) is 17.8. The molecule has 5 heteroatoms. The van der Waals surface area contributed by atoms with Crippen molar-refractivity contribution in [3.63, 3.8) is 0 Å². The van der Waals surface area contributed by atoms with Gasteiger partial charge in [0, 0.05) is 18.1 Å². The lowest BCUT2D eigenvalue weighted by Gasteiger charge is -2.19. The van der Waals surface area contributed by atoms with Crippen LogP contribution in [0.15, 0.2) is 48.5 Å². The highest BCUT2D eigenvalue weighted by atomic mass is 35.5. The predicted octanol–water partition coefficient (Wildman–Crippen LogP) is 3.60. The van der Waals surface area contributed by atoms with E-state index in [0.717, 1.165) is 31.6 Å². The van der Waals surface area contributed by atoms with Crippen molar-refractivity contribution >= 4 is 17.5 Å². The number of hydrogen-bond acceptors (Lipinski definition) is 3. The van der Waals surface area contributed by atoms with Crippen LogP contribution in [0.2, 0.25) is 5.02 Å². The molecule has 0 aliphatic carbocycles. The average molecular weight is 359 g/mol. The number of nitrogens with one attached hydrogen (secondary N) is 1. The van der Waals surface area contributed by atoms with E-state index in [9.17, 15) is 4.79 Å². The summed E-state index contributed by atoms with van der Waals surface area (Å²) in [6.07, 6.45) is 1.04. The van der Waals surface area contributed by atoms with E-state index >= 15 is 0 Å². The molecule has 0 aromatic heterocycles. The van der Waals surface area contributed by atoms with Crippen LogP contribution in [0.3, 0.4) is 0 Å². The molecule has 3 rings (SSSR count). The molecular weight excluding hydrogens is 336 g/mol. The fourth-order valence-electron chi connectivity index (χ4n) is 3.15. The lowest BCUT2D eigenvalue weighted by atomic mass is 10.1. The van der Waals surface area contributed by atoms with Crippen molar-refractivity contribution in [2.45, 2.75) is 13.0 Å². The van der Waals surface area contributed by atoms with Crippen molar-refractivity contribution in [3.05, 3.63) is 64.7 Å². The van der Waals surface area contributed by atoms with Crippen molar-refractivity contribution < 1.29 is 9.53 Å². The molecule has 4 nitrogen and oxygen atoms in total. The standard InChI is InChI=1S/C20H23ClN2O2/c1-22-12-16-10-11-23(13-16)20(24)18-4-2-3-5-19(18)25-14-15-6-8-17(21)9-7-15/h2-9,16,22H,10-14H2,1H3. The van der Waals surface area contributed by atoms with E-state index < -0.39 is 0 Å². The molecule has 25 heavy (non-hydrogen) atoms. The predicted molar refractivity (Wildman–Crippen MR) is 100 cm³/mol. The Morgan fingerprint density at radius 3 is 2.76 bits per heavy atom. The molecule has 0 bridgehead atoms. The van der Waals surface area contributed by atoms with Gasteiger partial charge < -0.3 is 15.0 Å². The molecule has 1 aliphatic rings. The van der Waals surface area contributed by atoms with Gasteiger partial charge in [0.1, 0.15) is 12.4 Å². The Bertz CT molecular complexity index is 718. The zero-order valence-corrected chi connectivity index (χ0v) is 15.1. The Kier molecular flexibility index (Phi) is 5.95. The molecule has 1 saturated heterocycles. The maximum Gasteiger partial charge on any atom is 0.257 e. The summed E-state index contributed by atoms with van der Waals surface area (Å²) >= 11 is 5.91. The maximum atomic E-state index is 12.9. The normalized spacial score (nSPS) is 16.9. The third-order valence-electron chi connectivity index (χ3n) is 4.49. The van der Waals surface area contributed by atoms with Crippen molar-refractivity contribution in [1.82, 2.24) is 10.2 Å². The van der Waals surface area contributed by atoms with Gasteiger partial charge in [0.05, 0.1) is 5.56 Å². The number of para-hydroxylation sites is 1. The number of benzene rings is 2. The van der Waals surface area contributed by atoms with Gasteiger partial charge in [0.15, 0.2) is 0 Å². The molecule has 1 aliphatic heterocycles. The number of hydrogen-bond donors (Lipinski definition) is 1. The highest BCUT2D eigenvalue weighted by Gasteiger charge is 2.27. The SMILES string of the molecule is CNCC1CCN(C(=O)c2ccccc2OCc2ccc(Cl)cc2)C1. The smallest absolute Gasteiger partial charge is 0.257 e. The molecule has 2 aromatic rings. The van der Waals surface area contributed by atoms with Gasteiger partial charge in [-0.2, -0.15) is 0 Å². The second kappa shape index (κ2) is 8.37. The van der Waals surface area contributed by atoms with Crippen molar-refractivity contribution in [3.8, 4) is 5.75 Å². The topological polar surface area (TPSA) is 41.6 Å². The van der Waals surface area contributed by atoms with Crippen LogP contribution in [0.25, 0.3) is 0 Å². The summed E-state index contributed by atoms with van der Waals surface area (Å²) in [5.74, 6) is 1.20. The Morgan fingerprint density at radius 1 is 1.24 bits per heavy atom. The van der Waals surface area contributed by atoms with Gasteiger partial charge in [-0.1, -0.05) is 35.9 Å². The average Bonchev–Trinajstić information content (AvgIpc) is 3.10. The lowest BCUT2D eigenvalue weighted by molar-refractivity contribution is 0.0782. The minimum Gasteiger partial charge on any atom is -0.488 e. The fourth-order valence-corrected chi connectivity index (χ4v) is 3.28. The highest BCUT2D eigenvalue weighted by molar-refractivity contribution is 6.30. The monoisotopic (exact) mass is 358 g/mol. The van der Waals surface area contributed by atoms with Gasteiger partial charge in [-0.25, -0.2) is 0 Å². The quantitative estimate of drug-likeness (QED) is 0.857. The second-order valence-electron chi connectivity index (χ2n) is 6.37. The Labute approximate surface area is 153 Å². The molecule has 0 saturated carbocycles. The maximum absolute atomic E-state index is 12.9. The van der Waals surface area contributed by atoms with E-state index in [-0.39, 0.29) is 5.91 Å². The summed E-state index contributed by atoms with van der Waals surface area (Å²) in [5, 5.41) is 3.89. The number of halogens is 1. The third kappa shape index (κ3) is 4.53. The largest absolute Gasteiger partial charge is 0.488 e.